The molecule has 1 unspecified atom stereocenters. The molecule has 0 spiro atoms. The third-order valence-electron chi connectivity index (χ3n) is 4.29. The van der Waals surface area contributed by atoms with Gasteiger partial charge >= 0.3 is 6.18 Å². The fourth-order valence-corrected chi connectivity index (χ4v) is 5.76. The van der Waals surface area contributed by atoms with Gasteiger partial charge in [0.2, 0.25) is 5.91 Å². The van der Waals surface area contributed by atoms with E-state index in [0.717, 1.165) is 23.5 Å². The number of nitrogens with one attached hydrogen (secondary N) is 1. The molecule has 1 N–H and O–H groups in total. The number of carbonyl (C=O) groups excluding carboxylic acids is 1. The Morgan fingerprint density at radius 1 is 1.26 bits per heavy atom. The number of sulfonamides is 1. The summed E-state index contributed by atoms with van der Waals surface area (Å²) in [4.78, 5) is 12.5. The molecule has 27 heavy (non-hydrogen) atoms. The second kappa shape index (κ2) is 7.61. The molecule has 5 nitrogen and oxygen atoms in total. The van der Waals surface area contributed by atoms with Crippen molar-refractivity contribution < 1.29 is 26.4 Å². The number of nitrogens with zero attached hydrogens (tertiary/aromatic N) is 1. The maximum atomic E-state index is 12.8. The molecule has 1 aliphatic rings. The lowest BCUT2D eigenvalue weighted by Gasteiger charge is -2.22. The third-order valence-corrected chi connectivity index (χ3v) is 7.57. The minimum Gasteiger partial charge on any atom is -0.351 e. The molecule has 1 amide bonds. The number of rotatable bonds is 5. The summed E-state index contributed by atoms with van der Waals surface area (Å²) >= 11 is 1.08. The van der Waals surface area contributed by atoms with E-state index < -0.39 is 33.7 Å². The van der Waals surface area contributed by atoms with Crippen LogP contribution in [0.5, 0.6) is 0 Å². The van der Waals surface area contributed by atoms with Crippen LogP contribution in [-0.4, -0.2) is 31.2 Å². The van der Waals surface area contributed by atoms with E-state index >= 15 is 0 Å². The highest BCUT2D eigenvalue weighted by atomic mass is 32.2. The number of amides is 1. The van der Waals surface area contributed by atoms with Crippen molar-refractivity contribution in [1.29, 1.82) is 0 Å². The second-order valence-corrected chi connectivity index (χ2v) is 9.19. The van der Waals surface area contributed by atoms with E-state index in [1.165, 1.54) is 22.5 Å². The van der Waals surface area contributed by atoms with E-state index in [4.69, 9.17) is 0 Å². The first-order valence-electron chi connectivity index (χ1n) is 8.19. The first-order valence-corrected chi connectivity index (χ1v) is 10.5. The van der Waals surface area contributed by atoms with Crippen LogP contribution in [0.1, 0.15) is 24.0 Å². The maximum absolute atomic E-state index is 12.8. The van der Waals surface area contributed by atoms with E-state index in [1.54, 1.807) is 11.4 Å². The number of thiophene rings is 1. The fraction of sp³-hybridized carbons (Fsp3) is 0.353. The highest BCUT2D eigenvalue weighted by Gasteiger charge is 2.39. The Hall–Kier alpha value is -1.91. The molecule has 0 aliphatic carbocycles. The topological polar surface area (TPSA) is 66.5 Å². The molecule has 3 rings (SSSR count). The van der Waals surface area contributed by atoms with Crippen molar-refractivity contribution in [2.24, 2.45) is 0 Å². The highest BCUT2D eigenvalue weighted by molar-refractivity contribution is 7.91. The van der Waals surface area contributed by atoms with Crippen LogP contribution >= 0.6 is 11.3 Å². The van der Waals surface area contributed by atoms with Gasteiger partial charge in [-0.3, -0.25) is 4.79 Å². The highest BCUT2D eigenvalue weighted by Crippen LogP contribution is 2.30. The van der Waals surface area contributed by atoms with E-state index in [0.29, 0.717) is 18.4 Å². The Labute approximate surface area is 158 Å². The van der Waals surface area contributed by atoms with Gasteiger partial charge in [-0.1, -0.05) is 18.2 Å². The minimum atomic E-state index is -4.46. The molecule has 0 bridgehead atoms. The zero-order valence-electron chi connectivity index (χ0n) is 14.1. The van der Waals surface area contributed by atoms with E-state index in [9.17, 15) is 26.4 Å². The van der Waals surface area contributed by atoms with Gasteiger partial charge in [-0.2, -0.15) is 17.5 Å². The van der Waals surface area contributed by atoms with Crippen LogP contribution in [0, 0.1) is 0 Å². The predicted molar refractivity (Wildman–Crippen MR) is 94.5 cm³/mol. The molecule has 1 aromatic heterocycles. The standard InChI is InChI=1S/C17H17F3N2O3S2/c18-17(19,20)13-5-1-4-12(10-13)11-21-16(23)14-6-2-8-22(14)27(24,25)15-7-3-9-26-15/h1,3-5,7,9-10,14H,2,6,8,11H2,(H,21,23). The molecule has 1 aromatic carbocycles. The van der Waals surface area contributed by atoms with Gasteiger partial charge in [0.25, 0.3) is 10.0 Å². The van der Waals surface area contributed by atoms with Gasteiger partial charge in [0, 0.05) is 13.1 Å². The maximum Gasteiger partial charge on any atom is 0.416 e. The van der Waals surface area contributed by atoms with Crippen LogP contribution < -0.4 is 5.32 Å². The van der Waals surface area contributed by atoms with Crippen LogP contribution in [0.15, 0.2) is 46.0 Å². The lowest BCUT2D eigenvalue weighted by Crippen LogP contribution is -2.45. The molecular formula is C17H17F3N2O3S2. The van der Waals surface area contributed by atoms with Crippen LogP contribution in [0.25, 0.3) is 0 Å². The Kier molecular flexibility index (Phi) is 5.59. The fourth-order valence-electron chi connectivity index (χ4n) is 2.98. The summed E-state index contributed by atoms with van der Waals surface area (Å²) in [5.74, 6) is -0.509. The van der Waals surface area contributed by atoms with Crippen molar-refractivity contribution in [1.82, 2.24) is 9.62 Å². The van der Waals surface area contributed by atoms with Gasteiger partial charge in [0.1, 0.15) is 10.3 Å². The summed E-state index contributed by atoms with van der Waals surface area (Å²) in [6.07, 6.45) is -3.54. The van der Waals surface area contributed by atoms with Gasteiger partial charge in [-0.25, -0.2) is 8.42 Å². The largest absolute Gasteiger partial charge is 0.416 e. The zero-order chi connectivity index (χ0) is 19.7. The minimum absolute atomic E-state index is 0.105. The second-order valence-electron chi connectivity index (χ2n) is 6.12. The molecule has 2 heterocycles. The van der Waals surface area contributed by atoms with Gasteiger partial charge in [-0.05, 0) is 42.0 Å². The quantitative estimate of drug-likeness (QED) is 0.811. The Morgan fingerprint density at radius 3 is 2.70 bits per heavy atom. The van der Waals surface area contributed by atoms with Crippen molar-refractivity contribution in [2.45, 2.75) is 35.8 Å². The van der Waals surface area contributed by atoms with Crippen LogP contribution in [0.3, 0.4) is 0 Å². The number of halogens is 3. The molecule has 10 heteroatoms. The Morgan fingerprint density at radius 2 is 2.04 bits per heavy atom. The number of hydrogen-bond acceptors (Lipinski definition) is 4. The van der Waals surface area contributed by atoms with Gasteiger partial charge in [-0.15, -0.1) is 11.3 Å². The van der Waals surface area contributed by atoms with Crippen LogP contribution in [0.4, 0.5) is 13.2 Å². The van der Waals surface area contributed by atoms with Crippen molar-refractivity contribution in [2.75, 3.05) is 6.54 Å². The average molecular weight is 418 g/mol. The monoisotopic (exact) mass is 418 g/mol. The summed E-state index contributed by atoms with van der Waals surface area (Å²) in [6, 6.07) is 6.92. The molecule has 1 aliphatic heterocycles. The summed E-state index contributed by atoms with van der Waals surface area (Å²) in [5, 5.41) is 4.20. The molecule has 1 fully saturated rings. The average Bonchev–Trinajstić information content (AvgIpc) is 3.31. The number of hydrogen-bond donors (Lipinski definition) is 1. The smallest absolute Gasteiger partial charge is 0.351 e. The molecule has 2 aromatic rings. The first kappa shape index (κ1) is 19.8. The summed E-state index contributed by atoms with van der Waals surface area (Å²) in [6.45, 7) is 0.133. The molecule has 0 radical (unpaired) electrons. The van der Waals surface area contributed by atoms with Crippen molar-refractivity contribution in [3.63, 3.8) is 0 Å². The van der Waals surface area contributed by atoms with E-state index in [2.05, 4.69) is 5.32 Å². The van der Waals surface area contributed by atoms with Crippen LogP contribution in [0.2, 0.25) is 0 Å². The van der Waals surface area contributed by atoms with E-state index in [-0.39, 0.29) is 17.3 Å². The van der Waals surface area contributed by atoms with Crippen LogP contribution in [-0.2, 0) is 27.5 Å². The lowest BCUT2D eigenvalue weighted by atomic mass is 10.1. The number of alkyl halides is 3. The van der Waals surface area contributed by atoms with Crippen molar-refractivity contribution in [3.8, 4) is 0 Å². The zero-order valence-corrected chi connectivity index (χ0v) is 15.7. The summed E-state index contributed by atoms with van der Waals surface area (Å²) in [7, 11) is -3.76. The van der Waals surface area contributed by atoms with Gasteiger partial charge in [0.15, 0.2) is 0 Å². The number of benzene rings is 1. The predicted octanol–water partition coefficient (Wildman–Crippen LogP) is 3.24. The summed E-state index contributed by atoms with van der Waals surface area (Å²) in [5.41, 5.74) is -0.499. The SMILES string of the molecule is O=C(NCc1cccc(C(F)(F)F)c1)C1CCCN1S(=O)(=O)c1cccs1. The molecule has 1 atom stereocenters. The van der Waals surface area contributed by atoms with Gasteiger partial charge < -0.3 is 5.32 Å². The molecular weight excluding hydrogens is 401 g/mol. The number of carbonyl (C=O) groups is 1. The van der Waals surface area contributed by atoms with E-state index in [1.807, 2.05) is 0 Å². The van der Waals surface area contributed by atoms with Crippen molar-refractivity contribution in [3.05, 3.63) is 52.9 Å². The van der Waals surface area contributed by atoms with Crippen molar-refractivity contribution >= 4 is 27.3 Å². The Bertz CT molecular complexity index is 912. The Balaban J connectivity index is 1.69. The molecule has 0 saturated carbocycles. The normalized spacial score (nSPS) is 18.6. The third kappa shape index (κ3) is 4.33. The summed E-state index contributed by atoms with van der Waals surface area (Å²) < 4.78 is 65.0. The lowest BCUT2D eigenvalue weighted by molar-refractivity contribution is -0.137. The molecule has 1 saturated heterocycles. The van der Waals surface area contributed by atoms with Gasteiger partial charge in [0.05, 0.1) is 5.56 Å². The first-order chi connectivity index (χ1) is 12.7. The molecule has 146 valence electrons.